The highest BCUT2D eigenvalue weighted by molar-refractivity contribution is 8.01. The van der Waals surface area contributed by atoms with E-state index >= 15 is 0 Å². The molecule has 0 saturated carbocycles. The van der Waals surface area contributed by atoms with E-state index in [0.717, 1.165) is 11.8 Å². The Labute approximate surface area is 96.0 Å². The first kappa shape index (κ1) is 12.4. The van der Waals surface area contributed by atoms with Gasteiger partial charge in [0.25, 0.3) is 0 Å². The molecule has 0 atom stereocenters. The summed E-state index contributed by atoms with van der Waals surface area (Å²) in [5.41, 5.74) is 0. The normalized spacial score (nSPS) is 10.1. The molecule has 0 saturated heterocycles. The molecule has 0 aromatic heterocycles. The Morgan fingerprint density at radius 1 is 1.31 bits per heavy atom. The fraction of sp³-hybridized carbons (Fsp3) is 0.200. The largest absolute Gasteiger partial charge is 0.497 e. The lowest BCUT2D eigenvalue weighted by Crippen LogP contribution is -2.25. The number of carboxylic acids is 2. The first-order valence-corrected chi connectivity index (χ1v) is 5.19. The van der Waals surface area contributed by atoms with Gasteiger partial charge in [-0.05, 0) is 18.2 Å². The molecule has 5 nitrogen and oxygen atoms in total. The molecular formula is C10H10O5S. The number of rotatable bonds is 5. The van der Waals surface area contributed by atoms with Crippen LogP contribution in [0.3, 0.4) is 0 Å². The SMILES string of the molecule is COc1cccc(SC(C(=O)O)C(=O)O)c1. The van der Waals surface area contributed by atoms with Crippen LogP contribution in [0.4, 0.5) is 0 Å². The highest BCUT2D eigenvalue weighted by Gasteiger charge is 2.26. The maximum absolute atomic E-state index is 10.7. The van der Waals surface area contributed by atoms with Gasteiger partial charge >= 0.3 is 11.9 Å². The zero-order valence-electron chi connectivity index (χ0n) is 8.41. The lowest BCUT2D eigenvalue weighted by molar-refractivity contribution is -0.146. The van der Waals surface area contributed by atoms with E-state index in [-0.39, 0.29) is 0 Å². The molecule has 0 spiro atoms. The van der Waals surface area contributed by atoms with Gasteiger partial charge < -0.3 is 14.9 Å². The van der Waals surface area contributed by atoms with E-state index in [1.54, 1.807) is 24.3 Å². The van der Waals surface area contributed by atoms with Crippen molar-refractivity contribution in [3.05, 3.63) is 24.3 Å². The third-order valence-electron chi connectivity index (χ3n) is 1.74. The third-order valence-corrected chi connectivity index (χ3v) is 2.91. The van der Waals surface area contributed by atoms with Crippen LogP contribution in [0, 0.1) is 0 Å². The predicted octanol–water partition coefficient (Wildman–Crippen LogP) is 1.33. The fourth-order valence-corrected chi connectivity index (χ4v) is 1.83. The summed E-state index contributed by atoms with van der Waals surface area (Å²) in [4.78, 5) is 21.9. The Balaban J connectivity index is 2.85. The number of benzene rings is 1. The lowest BCUT2D eigenvalue weighted by atomic mass is 10.3. The van der Waals surface area contributed by atoms with Crippen molar-refractivity contribution in [3.8, 4) is 5.75 Å². The number of hydrogen-bond acceptors (Lipinski definition) is 4. The minimum Gasteiger partial charge on any atom is -0.497 e. The second-order valence-electron chi connectivity index (χ2n) is 2.85. The molecule has 0 bridgehead atoms. The van der Waals surface area contributed by atoms with Gasteiger partial charge in [0.15, 0.2) is 0 Å². The maximum atomic E-state index is 10.7. The Hall–Kier alpha value is -1.69. The van der Waals surface area contributed by atoms with E-state index in [4.69, 9.17) is 14.9 Å². The van der Waals surface area contributed by atoms with E-state index in [1.165, 1.54) is 7.11 Å². The molecule has 1 aromatic rings. The van der Waals surface area contributed by atoms with Crippen LogP contribution in [0.1, 0.15) is 0 Å². The molecular weight excluding hydrogens is 232 g/mol. The average Bonchev–Trinajstić information content (AvgIpc) is 2.25. The summed E-state index contributed by atoms with van der Waals surface area (Å²) in [6, 6.07) is 6.58. The molecule has 0 unspecified atom stereocenters. The Kier molecular flexibility index (Phi) is 4.19. The van der Waals surface area contributed by atoms with Gasteiger partial charge in [-0.2, -0.15) is 0 Å². The van der Waals surface area contributed by atoms with Gasteiger partial charge in [-0.1, -0.05) is 17.8 Å². The Morgan fingerprint density at radius 3 is 2.44 bits per heavy atom. The van der Waals surface area contributed by atoms with Crippen molar-refractivity contribution in [1.82, 2.24) is 0 Å². The van der Waals surface area contributed by atoms with Crippen molar-refractivity contribution in [2.24, 2.45) is 0 Å². The average molecular weight is 242 g/mol. The minimum absolute atomic E-state index is 0.536. The van der Waals surface area contributed by atoms with E-state index in [0.29, 0.717) is 10.6 Å². The Morgan fingerprint density at radius 2 is 1.94 bits per heavy atom. The fourth-order valence-electron chi connectivity index (χ4n) is 1.02. The first-order chi connectivity index (χ1) is 7.54. The summed E-state index contributed by atoms with van der Waals surface area (Å²) in [5, 5.41) is 15.9. The first-order valence-electron chi connectivity index (χ1n) is 4.31. The number of carboxylic acid groups (broad SMARTS) is 2. The van der Waals surface area contributed by atoms with E-state index < -0.39 is 17.2 Å². The van der Waals surface area contributed by atoms with Gasteiger partial charge in [0, 0.05) is 4.90 Å². The number of hydrogen-bond donors (Lipinski definition) is 2. The monoisotopic (exact) mass is 242 g/mol. The van der Waals surface area contributed by atoms with E-state index in [9.17, 15) is 9.59 Å². The number of ether oxygens (including phenoxy) is 1. The van der Waals surface area contributed by atoms with Crippen molar-refractivity contribution < 1.29 is 24.5 Å². The van der Waals surface area contributed by atoms with Gasteiger partial charge in [0.05, 0.1) is 7.11 Å². The number of thioether (sulfide) groups is 1. The predicted molar refractivity (Wildman–Crippen MR) is 57.9 cm³/mol. The van der Waals surface area contributed by atoms with Gasteiger partial charge in [-0.25, -0.2) is 0 Å². The van der Waals surface area contributed by atoms with Crippen molar-refractivity contribution in [2.45, 2.75) is 10.1 Å². The van der Waals surface area contributed by atoms with Crippen LogP contribution in [-0.2, 0) is 9.59 Å². The molecule has 1 rings (SSSR count). The highest BCUT2D eigenvalue weighted by atomic mass is 32.2. The molecule has 86 valence electrons. The molecule has 0 fully saturated rings. The molecule has 0 radical (unpaired) electrons. The minimum atomic E-state index is -1.51. The van der Waals surface area contributed by atoms with Gasteiger partial charge in [-0.3, -0.25) is 9.59 Å². The number of methoxy groups -OCH3 is 1. The molecule has 1 aromatic carbocycles. The van der Waals surface area contributed by atoms with Crippen molar-refractivity contribution in [2.75, 3.05) is 7.11 Å². The Bertz CT molecular complexity index is 390. The molecule has 16 heavy (non-hydrogen) atoms. The second-order valence-corrected chi connectivity index (χ2v) is 4.03. The summed E-state index contributed by atoms with van der Waals surface area (Å²) in [5.74, 6) is -2.19. The van der Waals surface area contributed by atoms with Crippen molar-refractivity contribution >= 4 is 23.7 Å². The summed E-state index contributed by atoms with van der Waals surface area (Å²) < 4.78 is 4.95. The van der Waals surface area contributed by atoms with Crippen LogP contribution >= 0.6 is 11.8 Å². The highest BCUT2D eigenvalue weighted by Crippen LogP contribution is 2.26. The van der Waals surface area contributed by atoms with Crippen LogP contribution in [0.15, 0.2) is 29.2 Å². The zero-order chi connectivity index (χ0) is 12.1. The van der Waals surface area contributed by atoms with Crippen LogP contribution in [0.5, 0.6) is 5.75 Å². The number of aliphatic carboxylic acids is 2. The summed E-state index contributed by atoms with van der Waals surface area (Å²) in [7, 11) is 1.48. The van der Waals surface area contributed by atoms with Gasteiger partial charge in [0.2, 0.25) is 5.25 Å². The molecule has 0 aliphatic rings. The van der Waals surface area contributed by atoms with Crippen LogP contribution in [0.25, 0.3) is 0 Å². The molecule has 2 N–H and O–H groups in total. The molecule has 0 amide bonds. The molecule has 0 aliphatic heterocycles. The lowest BCUT2D eigenvalue weighted by Gasteiger charge is -2.08. The second kappa shape index (κ2) is 5.41. The van der Waals surface area contributed by atoms with Crippen LogP contribution in [-0.4, -0.2) is 34.5 Å². The third kappa shape index (κ3) is 3.16. The standard InChI is InChI=1S/C10H10O5S/c1-15-6-3-2-4-7(5-6)16-8(9(11)12)10(13)14/h2-5,8H,1H3,(H,11,12)(H,13,14). The van der Waals surface area contributed by atoms with Crippen molar-refractivity contribution in [3.63, 3.8) is 0 Å². The molecule has 0 heterocycles. The zero-order valence-corrected chi connectivity index (χ0v) is 9.23. The molecule has 0 aliphatic carbocycles. The maximum Gasteiger partial charge on any atom is 0.328 e. The summed E-state index contributed by atoms with van der Waals surface area (Å²) >= 11 is 0.755. The van der Waals surface area contributed by atoms with Crippen LogP contribution in [0.2, 0.25) is 0 Å². The summed E-state index contributed by atoms with van der Waals surface area (Å²) in [6.07, 6.45) is 0. The molecule has 6 heteroatoms. The van der Waals surface area contributed by atoms with Crippen LogP contribution < -0.4 is 4.74 Å². The quantitative estimate of drug-likeness (QED) is 0.598. The topological polar surface area (TPSA) is 83.8 Å². The van der Waals surface area contributed by atoms with E-state index in [2.05, 4.69) is 0 Å². The summed E-state index contributed by atoms with van der Waals surface area (Å²) in [6.45, 7) is 0. The van der Waals surface area contributed by atoms with Crippen molar-refractivity contribution in [1.29, 1.82) is 0 Å². The van der Waals surface area contributed by atoms with Gasteiger partial charge in [0.1, 0.15) is 5.75 Å². The smallest absolute Gasteiger partial charge is 0.328 e. The number of carbonyl (C=O) groups is 2. The van der Waals surface area contributed by atoms with Gasteiger partial charge in [-0.15, -0.1) is 0 Å². The van der Waals surface area contributed by atoms with E-state index in [1.807, 2.05) is 0 Å².